The van der Waals surface area contributed by atoms with Gasteiger partial charge in [0.05, 0.1) is 17.6 Å². The zero-order valence-corrected chi connectivity index (χ0v) is 13.8. The zero-order valence-electron chi connectivity index (χ0n) is 12.2. The molecule has 0 aromatic carbocycles. The SMILES string of the molecule is N#CC1CC2(C1)CC(C(=O)OCc1c(Br)noc1C1CC1)C2. The summed E-state index contributed by atoms with van der Waals surface area (Å²) in [7, 11) is 0. The Morgan fingerprint density at radius 1 is 1.41 bits per heavy atom. The second-order valence-electron chi connectivity index (χ2n) is 7.04. The minimum absolute atomic E-state index is 0.00246. The van der Waals surface area contributed by atoms with Gasteiger partial charge in [-0.1, -0.05) is 5.16 Å². The number of carbonyl (C=O) groups is 1. The zero-order chi connectivity index (χ0) is 15.3. The summed E-state index contributed by atoms with van der Waals surface area (Å²) in [6.07, 6.45) is 5.91. The van der Waals surface area contributed by atoms with Gasteiger partial charge >= 0.3 is 5.97 Å². The van der Waals surface area contributed by atoms with E-state index in [0.29, 0.717) is 10.5 Å². The molecule has 0 atom stereocenters. The smallest absolute Gasteiger partial charge is 0.309 e. The van der Waals surface area contributed by atoms with E-state index < -0.39 is 0 Å². The van der Waals surface area contributed by atoms with Gasteiger partial charge in [0.1, 0.15) is 12.4 Å². The predicted octanol–water partition coefficient (Wildman–Crippen LogP) is 3.69. The topological polar surface area (TPSA) is 76.1 Å². The highest BCUT2D eigenvalue weighted by Gasteiger charge is 2.55. The van der Waals surface area contributed by atoms with Gasteiger partial charge in [0.25, 0.3) is 0 Å². The fourth-order valence-corrected chi connectivity index (χ4v) is 4.30. The van der Waals surface area contributed by atoms with E-state index in [1.807, 2.05) is 0 Å². The van der Waals surface area contributed by atoms with E-state index >= 15 is 0 Å². The van der Waals surface area contributed by atoms with Crippen molar-refractivity contribution in [3.05, 3.63) is 15.9 Å². The molecule has 4 rings (SSSR count). The fourth-order valence-electron chi connectivity index (χ4n) is 3.92. The molecular formula is C16H17BrN2O3. The molecule has 5 nitrogen and oxygen atoms in total. The molecule has 0 unspecified atom stereocenters. The van der Waals surface area contributed by atoms with Gasteiger partial charge in [-0.25, -0.2) is 0 Å². The maximum absolute atomic E-state index is 12.2. The molecule has 3 aliphatic carbocycles. The lowest BCUT2D eigenvalue weighted by Crippen LogP contribution is -2.49. The molecule has 3 aliphatic rings. The van der Waals surface area contributed by atoms with Crippen molar-refractivity contribution in [2.45, 2.75) is 51.0 Å². The number of aromatic nitrogens is 1. The van der Waals surface area contributed by atoms with E-state index in [1.165, 1.54) is 0 Å². The molecule has 1 aromatic heterocycles. The molecule has 0 saturated heterocycles. The second kappa shape index (κ2) is 5.09. The lowest BCUT2D eigenvalue weighted by Gasteiger charge is -2.55. The molecular weight excluding hydrogens is 348 g/mol. The molecule has 1 spiro atoms. The summed E-state index contributed by atoms with van der Waals surface area (Å²) in [5.41, 5.74) is 1.14. The Kier molecular flexibility index (Phi) is 3.30. The van der Waals surface area contributed by atoms with Crippen LogP contribution in [0.15, 0.2) is 9.13 Å². The summed E-state index contributed by atoms with van der Waals surface area (Å²) in [5, 5.41) is 12.8. The van der Waals surface area contributed by atoms with Gasteiger partial charge in [0.2, 0.25) is 0 Å². The first-order valence-electron chi connectivity index (χ1n) is 7.80. The summed E-state index contributed by atoms with van der Waals surface area (Å²) in [5.74, 6) is 1.38. The van der Waals surface area contributed by atoms with Crippen molar-refractivity contribution in [3.8, 4) is 6.07 Å². The van der Waals surface area contributed by atoms with Gasteiger partial charge in [-0.2, -0.15) is 5.26 Å². The summed E-state index contributed by atoms with van der Waals surface area (Å²) >= 11 is 3.36. The van der Waals surface area contributed by atoms with Gasteiger partial charge in [0, 0.05) is 11.8 Å². The third-order valence-electron chi connectivity index (χ3n) is 5.31. The summed E-state index contributed by atoms with van der Waals surface area (Å²) in [6, 6.07) is 2.30. The average molecular weight is 365 g/mol. The highest BCUT2D eigenvalue weighted by molar-refractivity contribution is 9.10. The Labute approximate surface area is 137 Å². The average Bonchev–Trinajstić information content (AvgIpc) is 3.18. The summed E-state index contributed by atoms with van der Waals surface area (Å²) in [6.45, 7) is 0.235. The molecule has 22 heavy (non-hydrogen) atoms. The normalized spacial score (nSPS) is 32.9. The first-order valence-corrected chi connectivity index (χ1v) is 8.60. The van der Waals surface area contributed by atoms with E-state index in [4.69, 9.17) is 14.5 Å². The monoisotopic (exact) mass is 364 g/mol. The highest BCUT2D eigenvalue weighted by Crippen LogP contribution is 2.61. The maximum Gasteiger partial charge on any atom is 0.309 e. The summed E-state index contributed by atoms with van der Waals surface area (Å²) < 4.78 is 11.4. The van der Waals surface area contributed by atoms with Crippen LogP contribution in [-0.2, 0) is 16.1 Å². The molecule has 3 saturated carbocycles. The van der Waals surface area contributed by atoms with Crippen LogP contribution in [0.1, 0.15) is 55.8 Å². The summed E-state index contributed by atoms with van der Waals surface area (Å²) in [4.78, 5) is 12.2. The number of nitriles is 1. The molecule has 3 fully saturated rings. The number of carbonyl (C=O) groups excluding carboxylic acids is 1. The first-order chi connectivity index (χ1) is 10.6. The van der Waals surface area contributed by atoms with E-state index in [1.54, 1.807) is 0 Å². The molecule has 0 aliphatic heterocycles. The highest BCUT2D eigenvalue weighted by atomic mass is 79.9. The molecule has 116 valence electrons. The number of esters is 1. The number of rotatable bonds is 4. The van der Waals surface area contributed by atoms with Gasteiger partial charge in [-0.15, -0.1) is 0 Å². The van der Waals surface area contributed by atoms with Crippen molar-refractivity contribution in [2.75, 3.05) is 0 Å². The van der Waals surface area contributed by atoms with Gasteiger partial charge in [-0.05, 0) is 59.9 Å². The number of hydrogen-bond donors (Lipinski definition) is 0. The van der Waals surface area contributed by atoms with Crippen LogP contribution in [0.3, 0.4) is 0 Å². The van der Waals surface area contributed by atoms with Crippen LogP contribution in [0.2, 0.25) is 0 Å². The van der Waals surface area contributed by atoms with E-state index in [-0.39, 0.29) is 29.8 Å². The Balaban J connectivity index is 1.29. The van der Waals surface area contributed by atoms with Crippen molar-refractivity contribution in [3.63, 3.8) is 0 Å². The van der Waals surface area contributed by atoms with E-state index in [9.17, 15) is 4.79 Å². The van der Waals surface area contributed by atoms with Gasteiger partial charge in [0.15, 0.2) is 4.60 Å². The molecule has 0 N–H and O–H groups in total. The van der Waals surface area contributed by atoms with Crippen LogP contribution in [0.4, 0.5) is 0 Å². The Morgan fingerprint density at radius 2 is 2.14 bits per heavy atom. The van der Waals surface area contributed by atoms with E-state index in [0.717, 1.165) is 49.8 Å². The maximum atomic E-state index is 12.2. The second-order valence-corrected chi connectivity index (χ2v) is 7.79. The minimum Gasteiger partial charge on any atom is -0.460 e. The number of hydrogen-bond acceptors (Lipinski definition) is 5. The lowest BCUT2D eigenvalue weighted by molar-refractivity contribution is -0.164. The van der Waals surface area contributed by atoms with Crippen molar-refractivity contribution < 1.29 is 14.1 Å². The lowest BCUT2D eigenvalue weighted by atomic mass is 9.48. The fraction of sp³-hybridized carbons (Fsp3) is 0.688. The standard InChI is InChI=1S/C16H17BrN2O3/c17-14-12(13(22-19-14)10-1-2-10)8-21-15(20)11-5-16(6-11)3-9(4-16)7-18/h9-11H,1-6,8H2. The molecule has 0 bridgehead atoms. The molecule has 1 heterocycles. The Morgan fingerprint density at radius 3 is 2.77 bits per heavy atom. The van der Waals surface area contributed by atoms with Gasteiger partial charge in [-0.3, -0.25) is 4.79 Å². The van der Waals surface area contributed by atoms with Crippen LogP contribution < -0.4 is 0 Å². The van der Waals surface area contributed by atoms with Crippen LogP contribution in [0.5, 0.6) is 0 Å². The number of halogens is 1. The Hall–Kier alpha value is -1.35. The van der Waals surface area contributed by atoms with Crippen LogP contribution in [0.25, 0.3) is 0 Å². The van der Waals surface area contributed by atoms with Crippen molar-refractivity contribution in [2.24, 2.45) is 17.3 Å². The van der Waals surface area contributed by atoms with Crippen LogP contribution >= 0.6 is 15.9 Å². The van der Waals surface area contributed by atoms with Crippen LogP contribution in [0, 0.1) is 28.6 Å². The third kappa shape index (κ3) is 2.36. The number of ether oxygens (including phenoxy) is 1. The molecule has 0 radical (unpaired) electrons. The van der Waals surface area contributed by atoms with Gasteiger partial charge < -0.3 is 9.26 Å². The van der Waals surface area contributed by atoms with Crippen molar-refractivity contribution in [1.29, 1.82) is 5.26 Å². The van der Waals surface area contributed by atoms with Crippen molar-refractivity contribution >= 4 is 21.9 Å². The predicted molar refractivity (Wildman–Crippen MR) is 79.5 cm³/mol. The number of nitrogens with zero attached hydrogens (tertiary/aromatic N) is 2. The largest absolute Gasteiger partial charge is 0.460 e. The molecule has 0 amide bonds. The molecule has 6 heteroatoms. The minimum atomic E-state index is -0.124. The molecule has 1 aromatic rings. The van der Waals surface area contributed by atoms with E-state index in [2.05, 4.69) is 27.2 Å². The van der Waals surface area contributed by atoms with Crippen molar-refractivity contribution in [1.82, 2.24) is 5.16 Å². The first kappa shape index (κ1) is 14.3. The van der Waals surface area contributed by atoms with Crippen LogP contribution in [-0.4, -0.2) is 11.1 Å². The third-order valence-corrected chi connectivity index (χ3v) is 5.93. The quantitative estimate of drug-likeness (QED) is 0.761. The Bertz CT molecular complexity index is 645.